The molecule has 5 heteroatoms. The van der Waals surface area contributed by atoms with Crippen LogP contribution in [0.4, 0.5) is 4.39 Å². The van der Waals surface area contributed by atoms with Crippen LogP contribution >= 0.6 is 15.9 Å². The van der Waals surface area contributed by atoms with Crippen molar-refractivity contribution in [3.63, 3.8) is 0 Å². The van der Waals surface area contributed by atoms with Crippen molar-refractivity contribution in [3.05, 3.63) is 28.5 Å². The van der Waals surface area contributed by atoms with Crippen LogP contribution in [0.2, 0.25) is 0 Å². The largest absolute Gasteiger partial charge is 0.480 e. The number of hydrogen-bond acceptors (Lipinski definition) is 2. The first kappa shape index (κ1) is 16.3. The summed E-state index contributed by atoms with van der Waals surface area (Å²) in [6.07, 6.45) is 3.97. The molecule has 3 atom stereocenters. The van der Waals surface area contributed by atoms with Crippen molar-refractivity contribution < 1.29 is 13.9 Å². The first-order chi connectivity index (χ1) is 9.97. The number of benzene rings is 1. The van der Waals surface area contributed by atoms with Gasteiger partial charge in [0.05, 0.1) is 4.47 Å². The summed E-state index contributed by atoms with van der Waals surface area (Å²) in [7, 11) is 0. The maximum Gasteiger partial charge on any atom is 0.261 e. The molecule has 21 heavy (non-hydrogen) atoms. The van der Waals surface area contributed by atoms with Gasteiger partial charge in [-0.1, -0.05) is 19.8 Å². The SMILES string of the molecule is CC(Oc1ccc(F)cc1Br)C(=O)NC1CCCCC1C. The van der Waals surface area contributed by atoms with Gasteiger partial charge in [-0.15, -0.1) is 0 Å². The fourth-order valence-electron chi connectivity index (χ4n) is 2.65. The summed E-state index contributed by atoms with van der Waals surface area (Å²) in [5.74, 6) is 0.510. The Morgan fingerprint density at radius 2 is 2.14 bits per heavy atom. The van der Waals surface area contributed by atoms with Gasteiger partial charge in [0.15, 0.2) is 6.10 Å². The lowest BCUT2D eigenvalue weighted by atomic mass is 9.86. The molecule has 1 aliphatic rings. The highest BCUT2D eigenvalue weighted by Crippen LogP contribution is 2.27. The first-order valence-electron chi connectivity index (χ1n) is 7.39. The van der Waals surface area contributed by atoms with Crippen molar-refractivity contribution in [2.24, 2.45) is 5.92 Å². The summed E-state index contributed by atoms with van der Waals surface area (Å²) in [5.41, 5.74) is 0. The average molecular weight is 358 g/mol. The molecule has 1 aliphatic carbocycles. The second kappa shape index (κ2) is 7.25. The monoisotopic (exact) mass is 357 g/mol. The molecule has 0 bridgehead atoms. The van der Waals surface area contributed by atoms with Crippen molar-refractivity contribution in [3.8, 4) is 5.75 Å². The average Bonchev–Trinajstić information content (AvgIpc) is 2.44. The molecular weight excluding hydrogens is 337 g/mol. The summed E-state index contributed by atoms with van der Waals surface area (Å²) in [6.45, 7) is 3.88. The minimum Gasteiger partial charge on any atom is -0.480 e. The second-order valence-corrected chi connectivity index (χ2v) is 6.57. The molecule has 0 aromatic heterocycles. The van der Waals surface area contributed by atoms with Crippen molar-refractivity contribution in [2.75, 3.05) is 0 Å². The fraction of sp³-hybridized carbons (Fsp3) is 0.562. The van der Waals surface area contributed by atoms with Gasteiger partial charge in [0.1, 0.15) is 11.6 Å². The third kappa shape index (κ3) is 4.43. The summed E-state index contributed by atoms with van der Waals surface area (Å²) < 4.78 is 19.2. The molecule has 1 saturated carbocycles. The minimum atomic E-state index is -0.610. The van der Waals surface area contributed by atoms with Crippen LogP contribution in [0.15, 0.2) is 22.7 Å². The molecule has 0 aliphatic heterocycles. The number of rotatable bonds is 4. The number of carbonyl (C=O) groups excluding carboxylic acids is 1. The van der Waals surface area contributed by atoms with Crippen molar-refractivity contribution >= 4 is 21.8 Å². The third-order valence-corrected chi connectivity index (χ3v) is 4.63. The molecule has 1 amide bonds. The molecule has 3 nitrogen and oxygen atoms in total. The summed E-state index contributed by atoms with van der Waals surface area (Å²) in [6, 6.07) is 4.39. The van der Waals surface area contributed by atoms with E-state index in [1.807, 2.05) is 0 Å². The zero-order valence-electron chi connectivity index (χ0n) is 12.4. The standard InChI is InChI=1S/C16H21BrFNO2/c1-10-5-3-4-6-14(10)19-16(20)11(2)21-15-8-7-12(18)9-13(15)17/h7-11,14H,3-6H2,1-2H3,(H,19,20). The molecular formula is C16H21BrFNO2. The highest BCUT2D eigenvalue weighted by atomic mass is 79.9. The quantitative estimate of drug-likeness (QED) is 0.882. The van der Waals surface area contributed by atoms with Crippen LogP contribution in [0.1, 0.15) is 39.5 Å². The lowest BCUT2D eigenvalue weighted by molar-refractivity contribution is -0.128. The lowest BCUT2D eigenvalue weighted by Crippen LogP contribution is -2.46. The van der Waals surface area contributed by atoms with Gasteiger partial charge >= 0.3 is 0 Å². The topological polar surface area (TPSA) is 38.3 Å². The first-order valence-corrected chi connectivity index (χ1v) is 8.18. The van der Waals surface area contributed by atoms with Gasteiger partial charge in [-0.25, -0.2) is 4.39 Å². The van der Waals surface area contributed by atoms with Crippen LogP contribution in [-0.2, 0) is 4.79 Å². The van der Waals surface area contributed by atoms with E-state index in [-0.39, 0.29) is 17.8 Å². The van der Waals surface area contributed by atoms with Crippen LogP contribution < -0.4 is 10.1 Å². The van der Waals surface area contributed by atoms with Gasteiger partial charge in [-0.05, 0) is 59.8 Å². The van der Waals surface area contributed by atoms with Crippen molar-refractivity contribution in [1.82, 2.24) is 5.32 Å². The van der Waals surface area contributed by atoms with Gasteiger partial charge in [-0.2, -0.15) is 0 Å². The number of nitrogens with one attached hydrogen (secondary N) is 1. The molecule has 0 heterocycles. The Kier molecular flexibility index (Phi) is 5.62. The molecule has 0 saturated heterocycles. The van der Waals surface area contributed by atoms with Crippen LogP contribution in [0.3, 0.4) is 0 Å². The van der Waals surface area contributed by atoms with E-state index in [9.17, 15) is 9.18 Å². The van der Waals surface area contributed by atoms with E-state index < -0.39 is 6.10 Å². The normalized spacial score (nSPS) is 23.4. The maximum atomic E-state index is 13.0. The second-order valence-electron chi connectivity index (χ2n) is 5.71. The number of halogens is 2. The Labute approximate surface area is 133 Å². The molecule has 3 unspecified atom stereocenters. The van der Waals surface area contributed by atoms with Crippen LogP contribution in [0.5, 0.6) is 5.75 Å². The zero-order chi connectivity index (χ0) is 15.4. The summed E-state index contributed by atoms with van der Waals surface area (Å²) in [4.78, 5) is 12.2. The Balaban J connectivity index is 1.92. The molecule has 1 aromatic carbocycles. The number of hydrogen-bond donors (Lipinski definition) is 1. The summed E-state index contributed by atoms with van der Waals surface area (Å²) in [5, 5.41) is 3.07. The highest BCUT2D eigenvalue weighted by Gasteiger charge is 2.25. The van der Waals surface area contributed by atoms with E-state index in [0.29, 0.717) is 16.1 Å². The molecule has 2 rings (SSSR count). The van der Waals surface area contributed by atoms with E-state index in [0.717, 1.165) is 19.3 Å². The highest BCUT2D eigenvalue weighted by molar-refractivity contribution is 9.10. The van der Waals surface area contributed by atoms with Gasteiger partial charge in [0.2, 0.25) is 0 Å². The molecule has 1 aromatic rings. The van der Waals surface area contributed by atoms with Crippen LogP contribution in [-0.4, -0.2) is 18.1 Å². The predicted molar refractivity (Wildman–Crippen MR) is 83.8 cm³/mol. The molecule has 1 N–H and O–H groups in total. The Morgan fingerprint density at radius 1 is 1.43 bits per heavy atom. The van der Waals surface area contributed by atoms with Crippen LogP contribution in [0, 0.1) is 11.7 Å². The van der Waals surface area contributed by atoms with Gasteiger partial charge in [0.25, 0.3) is 5.91 Å². The number of carbonyl (C=O) groups is 1. The smallest absolute Gasteiger partial charge is 0.261 e. The Morgan fingerprint density at radius 3 is 2.81 bits per heavy atom. The van der Waals surface area contributed by atoms with Gasteiger partial charge in [-0.3, -0.25) is 4.79 Å². The van der Waals surface area contributed by atoms with Crippen molar-refractivity contribution in [1.29, 1.82) is 0 Å². The van der Waals surface area contributed by atoms with E-state index in [1.165, 1.54) is 24.6 Å². The van der Waals surface area contributed by atoms with E-state index >= 15 is 0 Å². The van der Waals surface area contributed by atoms with E-state index in [1.54, 1.807) is 6.92 Å². The molecule has 1 fully saturated rings. The Bertz CT molecular complexity index is 509. The molecule has 0 spiro atoms. The molecule has 0 radical (unpaired) electrons. The fourth-order valence-corrected chi connectivity index (χ4v) is 3.09. The number of ether oxygens (including phenoxy) is 1. The zero-order valence-corrected chi connectivity index (χ0v) is 14.0. The molecule has 116 valence electrons. The van der Waals surface area contributed by atoms with Crippen molar-refractivity contribution in [2.45, 2.75) is 51.7 Å². The van der Waals surface area contributed by atoms with E-state index in [2.05, 4.69) is 28.2 Å². The lowest BCUT2D eigenvalue weighted by Gasteiger charge is -2.30. The maximum absolute atomic E-state index is 13.0. The Hall–Kier alpha value is -1.10. The predicted octanol–water partition coefficient (Wildman–Crippen LogP) is 4.05. The van der Waals surface area contributed by atoms with Gasteiger partial charge < -0.3 is 10.1 Å². The van der Waals surface area contributed by atoms with E-state index in [4.69, 9.17) is 4.74 Å². The van der Waals surface area contributed by atoms with Gasteiger partial charge in [0, 0.05) is 6.04 Å². The third-order valence-electron chi connectivity index (χ3n) is 4.01. The van der Waals surface area contributed by atoms with Crippen LogP contribution in [0.25, 0.3) is 0 Å². The minimum absolute atomic E-state index is 0.120. The summed E-state index contributed by atoms with van der Waals surface area (Å²) >= 11 is 3.24. The number of amides is 1.